The Morgan fingerprint density at radius 2 is 1.92 bits per heavy atom. The molecule has 2 fully saturated rings. The Morgan fingerprint density at radius 3 is 2.62 bits per heavy atom. The zero-order valence-electron chi connectivity index (χ0n) is 21.9. The number of nitrogens with zero attached hydrogens (tertiary/aromatic N) is 3. The van der Waals surface area contributed by atoms with E-state index >= 15 is 0 Å². The van der Waals surface area contributed by atoms with Gasteiger partial charge in [0.25, 0.3) is 5.91 Å². The van der Waals surface area contributed by atoms with Gasteiger partial charge in [0.15, 0.2) is 0 Å². The first-order valence-electron chi connectivity index (χ1n) is 13.5. The van der Waals surface area contributed by atoms with Crippen molar-refractivity contribution in [3.8, 4) is 0 Å². The van der Waals surface area contributed by atoms with E-state index in [1.807, 2.05) is 6.07 Å². The van der Waals surface area contributed by atoms with Gasteiger partial charge in [-0.15, -0.1) is 0 Å². The maximum atomic E-state index is 13.3. The third kappa shape index (κ3) is 5.56. The van der Waals surface area contributed by atoms with Crippen molar-refractivity contribution in [2.45, 2.75) is 70.5 Å². The van der Waals surface area contributed by atoms with Crippen LogP contribution >= 0.6 is 0 Å². The highest BCUT2D eigenvalue weighted by Crippen LogP contribution is 2.35. The monoisotopic (exact) mass is 530 g/mol. The largest absolute Gasteiger partial charge is 0.381 e. The normalized spacial score (nSPS) is 19.1. The molecule has 0 radical (unpaired) electrons. The molecule has 3 heterocycles. The van der Waals surface area contributed by atoms with Crippen LogP contribution in [0.3, 0.4) is 0 Å². The fourth-order valence-corrected chi connectivity index (χ4v) is 6.86. The highest BCUT2D eigenvalue weighted by atomic mass is 32.2. The number of hydrogen-bond donors (Lipinski definition) is 1. The van der Waals surface area contributed by atoms with Crippen LogP contribution in [0.4, 0.5) is 0 Å². The topological polar surface area (TPSA) is 101 Å². The van der Waals surface area contributed by atoms with Crippen molar-refractivity contribution in [2.24, 2.45) is 0 Å². The zero-order chi connectivity index (χ0) is 26.2. The summed E-state index contributed by atoms with van der Waals surface area (Å²) in [5.74, 6) is -0.0598. The molecule has 0 atom stereocenters. The van der Waals surface area contributed by atoms with Gasteiger partial charge in [-0.05, 0) is 62.8 Å². The molecular weight excluding hydrogens is 492 g/mol. The summed E-state index contributed by atoms with van der Waals surface area (Å²) in [4.78, 5) is 29.3. The Labute approximate surface area is 219 Å². The van der Waals surface area contributed by atoms with Gasteiger partial charge < -0.3 is 15.0 Å². The van der Waals surface area contributed by atoms with Crippen LogP contribution in [0.25, 0.3) is 10.9 Å². The van der Waals surface area contributed by atoms with Crippen molar-refractivity contribution >= 4 is 32.7 Å². The maximum absolute atomic E-state index is 13.3. The molecule has 202 valence electrons. The Kier molecular flexibility index (Phi) is 7.60. The summed E-state index contributed by atoms with van der Waals surface area (Å²) < 4.78 is 33.3. The van der Waals surface area contributed by atoms with E-state index in [0.29, 0.717) is 55.5 Å². The molecule has 9 nitrogen and oxygen atoms in total. The fraction of sp³-hybridized carbons (Fsp3) is 0.630. The van der Waals surface area contributed by atoms with Crippen LogP contribution in [0.15, 0.2) is 18.2 Å². The number of rotatable bonds is 9. The summed E-state index contributed by atoms with van der Waals surface area (Å²) in [7, 11) is -1.74. The van der Waals surface area contributed by atoms with E-state index in [0.717, 1.165) is 62.1 Å². The highest BCUT2D eigenvalue weighted by molar-refractivity contribution is 7.90. The predicted molar refractivity (Wildman–Crippen MR) is 142 cm³/mol. The van der Waals surface area contributed by atoms with Crippen LogP contribution in [-0.2, 0) is 32.5 Å². The van der Waals surface area contributed by atoms with Crippen LogP contribution in [-0.4, -0.2) is 85.2 Å². The Morgan fingerprint density at radius 1 is 1.16 bits per heavy atom. The van der Waals surface area contributed by atoms with Crippen LogP contribution in [0.5, 0.6) is 0 Å². The number of nitrogens with one attached hydrogen (secondary N) is 1. The number of benzene rings is 1. The molecule has 37 heavy (non-hydrogen) atoms. The molecule has 5 rings (SSSR count). The lowest BCUT2D eigenvalue weighted by Crippen LogP contribution is -2.42. The average molecular weight is 531 g/mol. The molecule has 0 unspecified atom stereocenters. The van der Waals surface area contributed by atoms with Gasteiger partial charge in [0.2, 0.25) is 15.9 Å². The maximum Gasteiger partial charge on any atom is 0.253 e. The first kappa shape index (κ1) is 26.2. The Balaban J connectivity index is 1.39. The van der Waals surface area contributed by atoms with Crippen LogP contribution in [0.2, 0.25) is 0 Å². The lowest BCUT2D eigenvalue weighted by molar-refractivity contribution is -0.121. The van der Waals surface area contributed by atoms with Crippen molar-refractivity contribution in [3.63, 3.8) is 0 Å². The zero-order valence-corrected chi connectivity index (χ0v) is 22.7. The van der Waals surface area contributed by atoms with Crippen LogP contribution in [0, 0.1) is 0 Å². The van der Waals surface area contributed by atoms with Gasteiger partial charge in [0.05, 0.1) is 11.3 Å². The van der Waals surface area contributed by atoms with Crippen molar-refractivity contribution < 1.29 is 22.7 Å². The van der Waals surface area contributed by atoms with E-state index in [2.05, 4.69) is 10.2 Å². The molecule has 1 saturated carbocycles. The molecule has 3 aliphatic rings. The minimum atomic E-state index is -3.49. The van der Waals surface area contributed by atoms with Crippen LogP contribution < -0.4 is 5.32 Å². The molecule has 2 aliphatic heterocycles. The lowest BCUT2D eigenvalue weighted by atomic mass is 9.99. The van der Waals surface area contributed by atoms with Gasteiger partial charge in [-0.25, -0.2) is 12.4 Å². The third-order valence-electron chi connectivity index (χ3n) is 7.91. The SMILES string of the molecule is CCS(=O)(=O)n1c2c(c3cc(C(=O)N(C)CCCC(=O)NC4CC4)ccc31)CN(C1CCOCC1)CC2. The Hall–Kier alpha value is -2.43. The number of ether oxygens (including phenoxy) is 1. The molecular formula is C27H38N4O5S. The summed E-state index contributed by atoms with van der Waals surface area (Å²) in [6.07, 6.45) is 5.74. The smallest absolute Gasteiger partial charge is 0.253 e. The van der Waals surface area contributed by atoms with Gasteiger partial charge in [0.1, 0.15) is 0 Å². The molecule has 1 aromatic carbocycles. The fourth-order valence-electron chi connectivity index (χ4n) is 5.61. The second kappa shape index (κ2) is 10.7. The van der Waals surface area contributed by atoms with Crippen LogP contribution in [0.1, 0.15) is 67.1 Å². The van der Waals surface area contributed by atoms with E-state index in [4.69, 9.17) is 4.74 Å². The number of fused-ring (bicyclic) bond motifs is 3. The van der Waals surface area contributed by atoms with Crippen molar-refractivity contribution in [3.05, 3.63) is 35.0 Å². The molecule has 1 saturated heterocycles. The average Bonchev–Trinajstić information content (AvgIpc) is 3.66. The first-order chi connectivity index (χ1) is 17.8. The van der Waals surface area contributed by atoms with E-state index < -0.39 is 10.0 Å². The molecule has 2 aromatic rings. The molecule has 0 bridgehead atoms. The minimum absolute atomic E-state index is 0.0185. The lowest BCUT2D eigenvalue weighted by Gasteiger charge is -2.37. The van der Waals surface area contributed by atoms with Crippen molar-refractivity contribution in [1.29, 1.82) is 0 Å². The number of hydrogen-bond acceptors (Lipinski definition) is 6. The summed E-state index contributed by atoms with van der Waals surface area (Å²) >= 11 is 0. The number of carbonyl (C=O) groups excluding carboxylic acids is 2. The van der Waals surface area contributed by atoms with Gasteiger partial charge in [0, 0.05) is 81.5 Å². The standard InChI is InChI=1S/C27H38N4O5S/c1-3-37(34,35)31-24-9-6-19(27(33)29(2)13-4-5-26(32)28-20-7-8-20)17-22(24)23-18-30(14-10-25(23)31)21-11-15-36-16-12-21/h6,9,17,20-21H,3-5,7-8,10-16,18H2,1-2H3,(H,28,32). The summed E-state index contributed by atoms with van der Waals surface area (Å²) in [6.45, 7) is 5.15. The van der Waals surface area contributed by atoms with Gasteiger partial charge >= 0.3 is 0 Å². The molecule has 1 N–H and O–H groups in total. The van der Waals surface area contributed by atoms with E-state index in [1.54, 1.807) is 31.0 Å². The third-order valence-corrected chi connectivity index (χ3v) is 9.62. The number of amides is 2. The highest BCUT2D eigenvalue weighted by Gasteiger charge is 2.32. The minimum Gasteiger partial charge on any atom is -0.381 e. The first-order valence-corrected chi connectivity index (χ1v) is 15.2. The van der Waals surface area contributed by atoms with Gasteiger partial charge in [-0.2, -0.15) is 0 Å². The van der Waals surface area contributed by atoms with E-state index in [1.165, 1.54) is 3.97 Å². The second-order valence-corrected chi connectivity index (χ2v) is 12.7. The number of aromatic nitrogens is 1. The quantitative estimate of drug-likeness (QED) is 0.535. The molecule has 0 spiro atoms. The summed E-state index contributed by atoms with van der Waals surface area (Å²) in [5, 5.41) is 3.82. The van der Waals surface area contributed by atoms with Gasteiger partial charge in [-0.3, -0.25) is 14.5 Å². The molecule has 1 aliphatic carbocycles. The molecule has 2 amide bonds. The molecule has 1 aromatic heterocycles. The van der Waals surface area contributed by atoms with E-state index in [9.17, 15) is 18.0 Å². The second-order valence-electron chi connectivity index (χ2n) is 10.6. The van der Waals surface area contributed by atoms with E-state index in [-0.39, 0.29) is 17.6 Å². The van der Waals surface area contributed by atoms with Gasteiger partial charge in [-0.1, -0.05) is 0 Å². The van der Waals surface area contributed by atoms with Crippen molar-refractivity contribution in [1.82, 2.24) is 19.1 Å². The van der Waals surface area contributed by atoms with Crippen molar-refractivity contribution in [2.75, 3.05) is 39.1 Å². The Bertz CT molecular complexity index is 1280. The predicted octanol–water partition coefficient (Wildman–Crippen LogP) is 2.51. The number of carbonyl (C=O) groups is 2. The molecule has 10 heteroatoms. The summed E-state index contributed by atoms with van der Waals surface area (Å²) in [6, 6.07) is 6.14. The summed E-state index contributed by atoms with van der Waals surface area (Å²) in [5.41, 5.74) is 3.05.